The zero-order valence-corrected chi connectivity index (χ0v) is 10.4. The van der Waals surface area contributed by atoms with Gasteiger partial charge >= 0.3 is 0 Å². The van der Waals surface area contributed by atoms with Gasteiger partial charge in [-0.1, -0.05) is 62.4 Å². The Bertz CT molecular complexity index is 89.0. The first-order valence-corrected chi connectivity index (χ1v) is 6.22. The van der Waals surface area contributed by atoms with E-state index < -0.39 is 0 Å². The standard InChI is InChI=1S/C11H23Br/c1-4-5-8-11(12)9-6-7-10(2)3/h10-11H,4-9H2,1-3H3. The van der Waals surface area contributed by atoms with Gasteiger partial charge in [0, 0.05) is 4.83 Å². The molecule has 0 aliphatic rings. The fourth-order valence-electron chi connectivity index (χ4n) is 1.32. The van der Waals surface area contributed by atoms with Crippen molar-refractivity contribution in [2.45, 2.75) is 64.1 Å². The van der Waals surface area contributed by atoms with Gasteiger partial charge in [-0.15, -0.1) is 0 Å². The lowest BCUT2D eigenvalue weighted by Gasteiger charge is -2.09. The summed E-state index contributed by atoms with van der Waals surface area (Å²) in [6.45, 7) is 6.86. The van der Waals surface area contributed by atoms with Gasteiger partial charge in [-0.2, -0.15) is 0 Å². The number of hydrogen-bond donors (Lipinski definition) is 0. The molecular weight excluding hydrogens is 212 g/mol. The van der Waals surface area contributed by atoms with E-state index in [9.17, 15) is 0 Å². The third-order valence-electron chi connectivity index (χ3n) is 2.17. The summed E-state index contributed by atoms with van der Waals surface area (Å²) in [7, 11) is 0. The highest BCUT2D eigenvalue weighted by molar-refractivity contribution is 9.09. The van der Waals surface area contributed by atoms with Crippen LogP contribution in [-0.4, -0.2) is 4.83 Å². The molecule has 12 heavy (non-hydrogen) atoms. The molecule has 0 radical (unpaired) electrons. The second-order valence-electron chi connectivity index (χ2n) is 4.06. The van der Waals surface area contributed by atoms with E-state index in [0.717, 1.165) is 10.7 Å². The molecule has 0 rings (SSSR count). The molecule has 0 aromatic heterocycles. The van der Waals surface area contributed by atoms with Crippen LogP contribution in [0, 0.1) is 5.92 Å². The number of hydrogen-bond acceptors (Lipinski definition) is 0. The molecule has 0 aromatic carbocycles. The molecular formula is C11H23Br. The molecule has 0 nitrogen and oxygen atoms in total. The maximum Gasteiger partial charge on any atom is 0.0145 e. The predicted molar refractivity (Wildman–Crippen MR) is 60.9 cm³/mol. The Morgan fingerprint density at radius 2 is 1.58 bits per heavy atom. The molecule has 0 heterocycles. The van der Waals surface area contributed by atoms with Crippen molar-refractivity contribution in [2.24, 2.45) is 5.92 Å². The molecule has 0 aliphatic carbocycles. The summed E-state index contributed by atoms with van der Waals surface area (Å²) in [4.78, 5) is 0.774. The van der Waals surface area contributed by atoms with E-state index in [1.165, 1.54) is 38.5 Å². The van der Waals surface area contributed by atoms with Crippen LogP contribution in [0.25, 0.3) is 0 Å². The van der Waals surface area contributed by atoms with Gasteiger partial charge in [-0.25, -0.2) is 0 Å². The summed E-state index contributed by atoms with van der Waals surface area (Å²) in [5, 5.41) is 0. The molecule has 0 spiro atoms. The largest absolute Gasteiger partial charge is 0.0891 e. The van der Waals surface area contributed by atoms with Gasteiger partial charge in [-0.05, 0) is 18.8 Å². The quantitative estimate of drug-likeness (QED) is 0.558. The van der Waals surface area contributed by atoms with Crippen LogP contribution in [0.3, 0.4) is 0 Å². The fourth-order valence-corrected chi connectivity index (χ4v) is 1.97. The highest BCUT2D eigenvalue weighted by Gasteiger charge is 2.03. The lowest BCUT2D eigenvalue weighted by Crippen LogP contribution is -1.98. The van der Waals surface area contributed by atoms with Gasteiger partial charge in [0.25, 0.3) is 0 Å². The van der Waals surface area contributed by atoms with Crippen LogP contribution < -0.4 is 0 Å². The van der Waals surface area contributed by atoms with E-state index in [0.29, 0.717) is 0 Å². The van der Waals surface area contributed by atoms with Crippen LogP contribution in [0.2, 0.25) is 0 Å². The van der Waals surface area contributed by atoms with E-state index >= 15 is 0 Å². The third-order valence-corrected chi connectivity index (χ3v) is 3.09. The molecule has 74 valence electrons. The summed E-state index contributed by atoms with van der Waals surface area (Å²) in [6, 6.07) is 0. The van der Waals surface area contributed by atoms with Crippen LogP contribution in [0.1, 0.15) is 59.3 Å². The molecule has 0 N–H and O–H groups in total. The van der Waals surface area contributed by atoms with Crippen molar-refractivity contribution in [3.8, 4) is 0 Å². The third kappa shape index (κ3) is 8.58. The van der Waals surface area contributed by atoms with Gasteiger partial charge < -0.3 is 0 Å². The maximum atomic E-state index is 3.73. The molecule has 0 bridgehead atoms. The second-order valence-corrected chi connectivity index (χ2v) is 5.36. The lowest BCUT2D eigenvalue weighted by molar-refractivity contribution is 0.522. The topological polar surface area (TPSA) is 0 Å². The minimum Gasteiger partial charge on any atom is -0.0891 e. The first kappa shape index (κ1) is 12.5. The Balaban J connectivity index is 3.13. The van der Waals surface area contributed by atoms with Crippen LogP contribution in [-0.2, 0) is 0 Å². The Morgan fingerprint density at radius 1 is 1.00 bits per heavy atom. The molecule has 0 aliphatic heterocycles. The van der Waals surface area contributed by atoms with E-state index in [-0.39, 0.29) is 0 Å². The zero-order valence-electron chi connectivity index (χ0n) is 8.78. The summed E-state index contributed by atoms with van der Waals surface area (Å²) in [5.74, 6) is 0.871. The number of halogens is 1. The summed E-state index contributed by atoms with van der Waals surface area (Å²) in [6.07, 6.45) is 8.18. The Labute approximate surface area is 86.3 Å². The fraction of sp³-hybridized carbons (Fsp3) is 1.00. The molecule has 1 heteroatoms. The minimum absolute atomic E-state index is 0.774. The van der Waals surface area contributed by atoms with Crippen LogP contribution >= 0.6 is 15.9 Å². The molecule has 1 atom stereocenters. The normalized spacial score (nSPS) is 13.8. The first-order valence-electron chi connectivity index (χ1n) is 5.30. The molecule has 0 saturated carbocycles. The van der Waals surface area contributed by atoms with Gasteiger partial charge in [0.05, 0.1) is 0 Å². The SMILES string of the molecule is CCCCC(Br)CCCC(C)C. The van der Waals surface area contributed by atoms with Crippen molar-refractivity contribution in [1.82, 2.24) is 0 Å². The average molecular weight is 235 g/mol. The highest BCUT2D eigenvalue weighted by Crippen LogP contribution is 2.18. The maximum absolute atomic E-state index is 3.73. The van der Waals surface area contributed by atoms with Crippen molar-refractivity contribution >= 4 is 15.9 Å². The molecule has 0 fully saturated rings. The highest BCUT2D eigenvalue weighted by atomic mass is 79.9. The molecule has 0 aromatic rings. The summed E-state index contributed by atoms with van der Waals surface area (Å²) in [5.41, 5.74) is 0. The van der Waals surface area contributed by atoms with E-state index in [2.05, 4.69) is 36.7 Å². The van der Waals surface area contributed by atoms with Crippen molar-refractivity contribution in [3.05, 3.63) is 0 Å². The van der Waals surface area contributed by atoms with Gasteiger partial charge in [-0.3, -0.25) is 0 Å². The van der Waals surface area contributed by atoms with Gasteiger partial charge in [0.2, 0.25) is 0 Å². The molecule has 1 unspecified atom stereocenters. The van der Waals surface area contributed by atoms with Crippen LogP contribution in [0.5, 0.6) is 0 Å². The second kappa shape index (κ2) is 8.10. The van der Waals surface area contributed by atoms with Gasteiger partial charge in [0.1, 0.15) is 0 Å². The average Bonchev–Trinajstić information content (AvgIpc) is 2.00. The predicted octanol–water partition coefficient (Wildman–Crippen LogP) is 4.77. The van der Waals surface area contributed by atoms with E-state index in [1.807, 2.05) is 0 Å². The smallest absolute Gasteiger partial charge is 0.0145 e. The van der Waals surface area contributed by atoms with Crippen molar-refractivity contribution in [2.75, 3.05) is 0 Å². The van der Waals surface area contributed by atoms with Crippen LogP contribution in [0.15, 0.2) is 0 Å². The monoisotopic (exact) mass is 234 g/mol. The van der Waals surface area contributed by atoms with Crippen molar-refractivity contribution in [3.63, 3.8) is 0 Å². The summed E-state index contributed by atoms with van der Waals surface area (Å²) >= 11 is 3.73. The number of rotatable bonds is 7. The molecule has 0 amide bonds. The Morgan fingerprint density at radius 3 is 2.08 bits per heavy atom. The van der Waals surface area contributed by atoms with E-state index in [1.54, 1.807) is 0 Å². The first-order chi connectivity index (χ1) is 5.66. The summed E-state index contributed by atoms with van der Waals surface area (Å²) < 4.78 is 0. The van der Waals surface area contributed by atoms with Crippen LogP contribution in [0.4, 0.5) is 0 Å². The van der Waals surface area contributed by atoms with Crippen molar-refractivity contribution < 1.29 is 0 Å². The lowest BCUT2D eigenvalue weighted by atomic mass is 10.0. The van der Waals surface area contributed by atoms with Crippen molar-refractivity contribution in [1.29, 1.82) is 0 Å². The zero-order chi connectivity index (χ0) is 9.40. The number of alkyl halides is 1. The number of unbranched alkanes of at least 4 members (excludes halogenated alkanes) is 1. The minimum atomic E-state index is 0.774. The van der Waals surface area contributed by atoms with E-state index in [4.69, 9.17) is 0 Å². The Kier molecular flexibility index (Phi) is 8.42. The Hall–Kier alpha value is 0.480. The molecule has 0 saturated heterocycles. The van der Waals surface area contributed by atoms with Gasteiger partial charge in [0.15, 0.2) is 0 Å².